The van der Waals surface area contributed by atoms with Crippen LogP contribution >= 0.6 is 0 Å². The normalized spacial score (nSPS) is 19.6. The second-order valence-electron chi connectivity index (χ2n) is 20.2. The fourth-order valence-electron chi connectivity index (χ4n) is 10.6. The lowest BCUT2D eigenvalue weighted by Gasteiger charge is -2.34. The minimum Gasteiger partial charge on any atom is -0.393 e. The molecule has 1 saturated carbocycles. The van der Waals surface area contributed by atoms with Gasteiger partial charge < -0.3 is 30.1 Å². The van der Waals surface area contributed by atoms with E-state index in [0.717, 1.165) is 57.7 Å². The van der Waals surface area contributed by atoms with E-state index in [0.29, 0.717) is 82.0 Å². The first-order valence-corrected chi connectivity index (χ1v) is 26.6. The van der Waals surface area contributed by atoms with Gasteiger partial charge in [-0.05, 0) is 102 Å². The molecule has 23 heteroatoms. The molecule has 8 heterocycles. The van der Waals surface area contributed by atoms with Crippen LogP contribution in [0.4, 0.5) is 20.7 Å². The number of pyridine rings is 1. The summed E-state index contributed by atoms with van der Waals surface area (Å²) in [7, 11) is -2.32. The highest BCUT2D eigenvalue weighted by atomic mass is 32.2. The highest BCUT2D eigenvalue weighted by molar-refractivity contribution is 7.90. The quantitative estimate of drug-likeness (QED) is 0.0935. The van der Waals surface area contributed by atoms with Crippen molar-refractivity contribution in [3.63, 3.8) is 0 Å². The zero-order valence-corrected chi connectivity index (χ0v) is 42.5. The van der Waals surface area contributed by atoms with Gasteiger partial charge in [-0.3, -0.25) is 14.2 Å². The highest BCUT2D eigenvalue weighted by Crippen LogP contribution is 2.40. The van der Waals surface area contributed by atoms with Gasteiger partial charge in [-0.1, -0.05) is 0 Å². The molecule has 3 atom stereocenters. The van der Waals surface area contributed by atoms with Crippen LogP contribution in [0.2, 0.25) is 0 Å². The third-order valence-corrected chi connectivity index (χ3v) is 16.0. The zero-order valence-electron chi connectivity index (χ0n) is 41.7. The molecule has 1 aliphatic heterocycles. The lowest BCUT2D eigenvalue weighted by atomic mass is 9.85. The number of fused-ring (bicyclic) bond motifs is 3. The number of carbonyl (C=O) groups is 1. The fraction of sp³-hybridized carbons (Fsp3) is 0.520. The Kier molecular flexibility index (Phi) is 14.1. The molecule has 1 saturated heterocycles. The van der Waals surface area contributed by atoms with E-state index in [1.807, 2.05) is 42.4 Å². The number of nitrogens with zero attached hydrogens (tertiary/aromatic N) is 12. The number of hydrogen-bond donors (Lipinski definition) is 3. The average Bonchev–Trinajstić information content (AvgIpc) is 4.19. The Hall–Kier alpha value is -6.43. The number of anilines is 2. The minimum atomic E-state index is -3.96. The Balaban J connectivity index is 0.890. The molecule has 7 aromatic rings. The number of amides is 1. The summed E-state index contributed by atoms with van der Waals surface area (Å²) in [6.07, 6.45) is 11.8. The Morgan fingerprint density at radius 2 is 1.51 bits per heavy atom. The van der Waals surface area contributed by atoms with Gasteiger partial charge >= 0.3 is 0 Å². The van der Waals surface area contributed by atoms with Gasteiger partial charge in [-0.25, -0.2) is 41.2 Å². The van der Waals surface area contributed by atoms with Gasteiger partial charge in [-0.2, -0.15) is 10.2 Å². The number of morpholine rings is 1. The van der Waals surface area contributed by atoms with Gasteiger partial charge in [0.05, 0.1) is 61.7 Å². The van der Waals surface area contributed by atoms with Gasteiger partial charge in [-0.15, -0.1) is 10.2 Å². The van der Waals surface area contributed by atoms with Crippen molar-refractivity contribution in [3.05, 3.63) is 84.1 Å². The van der Waals surface area contributed by atoms with Crippen LogP contribution in [0.1, 0.15) is 101 Å². The number of alkyl halides is 2. The SMILES string of the molecule is COC[C@H](C)Nc1ncc2c(-c3cnn(C(C)(C)C(=O)N4CCOCC4)c3)cc(C3CCc4c(cnn4CS(=O)(=O)c4ccc(-c5cc(C6CCC(O)CC6)n6nc(N[C@@H](C)CC(F)F)ncc56)cn4)C3)n2n1. The number of aliphatic hydroxyl groups is 1. The van der Waals surface area contributed by atoms with Gasteiger partial charge in [0.2, 0.25) is 34.1 Å². The van der Waals surface area contributed by atoms with E-state index in [4.69, 9.17) is 24.8 Å². The fourth-order valence-corrected chi connectivity index (χ4v) is 11.7. The van der Waals surface area contributed by atoms with Crippen molar-refractivity contribution in [2.24, 2.45) is 0 Å². The highest BCUT2D eigenvalue weighted by Gasteiger charge is 2.36. The molecule has 388 valence electrons. The van der Waals surface area contributed by atoms with Crippen molar-refractivity contribution in [1.82, 2.24) is 58.6 Å². The summed E-state index contributed by atoms with van der Waals surface area (Å²) in [5.74, 6) is 0.304. The van der Waals surface area contributed by atoms with Gasteiger partial charge in [0, 0.05) is 102 Å². The number of hydrogen-bond acceptors (Lipinski definition) is 15. The van der Waals surface area contributed by atoms with Crippen LogP contribution in [-0.2, 0) is 48.4 Å². The predicted octanol–water partition coefficient (Wildman–Crippen LogP) is 6.11. The first-order valence-electron chi connectivity index (χ1n) is 25.0. The topological polar surface area (TPSA) is 226 Å². The standard InChI is InChI=1S/C50H62F2N14O6S/c1-30(18-45(51)52)58-48-54-25-43-38(20-41(65(43)60-48)32-6-10-37(67)11-7-32)34-9-13-46(53-22-34)73(69,70)29-63-40-12-8-33(19-35(40)23-56-63)42-21-39(44-26-55-49(61-66(42)44)59-31(2)28-71-5)36-24-57-64(27-36)50(3,4)47(68)62-14-16-72-17-15-62/h9,13,20-27,30-33,37,45,67H,6-8,10-12,14-19,28-29H2,1-5H3,(H,58,60)(H,59,61)/t30-,31-,32?,33?,37?/m0/s1. The summed E-state index contributed by atoms with van der Waals surface area (Å²) in [4.78, 5) is 29.1. The number of methoxy groups -OCH3 is 1. The molecule has 2 aliphatic carbocycles. The van der Waals surface area contributed by atoms with E-state index < -0.39 is 33.7 Å². The van der Waals surface area contributed by atoms with E-state index in [2.05, 4.69) is 36.8 Å². The third-order valence-electron chi connectivity index (χ3n) is 14.5. The molecule has 1 amide bonds. The molecule has 3 aliphatic rings. The van der Waals surface area contributed by atoms with Crippen molar-refractivity contribution in [1.29, 1.82) is 0 Å². The van der Waals surface area contributed by atoms with Crippen LogP contribution < -0.4 is 10.6 Å². The minimum absolute atomic E-state index is 0.0105. The van der Waals surface area contributed by atoms with Crippen LogP contribution in [0.3, 0.4) is 0 Å². The van der Waals surface area contributed by atoms with E-state index in [1.54, 1.807) is 58.8 Å². The molecule has 7 aromatic heterocycles. The predicted molar refractivity (Wildman–Crippen MR) is 267 cm³/mol. The number of halogens is 2. The number of aliphatic hydroxyl groups excluding tert-OH is 1. The summed E-state index contributed by atoms with van der Waals surface area (Å²) in [5.41, 5.74) is 7.19. The maximum absolute atomic E-state index is 14.1. The van der Waals surface area contributed by atoms with Gasteiger partial charge in [0.1, 0.15) is 11.4 Å². The molecular weight excluding hydrogens is 963 g/mol. The van der Waals surface area contributed by atoms with E-state index in [9.17, 15) is 27.1 Å². The summed E-state index contributed by atoms with van der Waals surface area (Å²) in [5, 5.41) is 35.5. The number of nitrogens with one attached hydrogen (secondary N) is 2. The Bertz CT molecular complexity index is 3210. The largest absolute Gasteiger partial charge is 0.393 e. The maximum Gasteiger partial charge on any atom is 0.250 e. The Morgan fingerprint density at radius 3 is 2.15 bits per heavy atom. The number of sulfone groups is 1. The van der Waals surface area contributed by atoms with E-state index in [-0.39, 0.29) is 47.3 Å². The van der Waals surface area contributed by atoms with Crippen LogP contribution in [0.15, 0.2) is 66.5 Å². The lowest BCUT2D eigenvalue weighted by Crippen LogP contribution is -2.51. The van der Waals surface area contributed by atoms with Crippen molar-refractivity contribution >= 4 is 38.7 Å². The van der Waals surface area contributed by atoms with Crippen molar-refractivity contribution < 1.29 is 36.6 Å². The molecule has 0 spiro atoms. The number of carbonyl (C=O) groups excluding carboxylic acids is 1. The van der Waals surface area contributed by atoms with Crippen molar-refractivity contribution in [2.45, 2.75) is 132 Å². The zero-order chi connectivity index (χ0) is 51.2. The van der Waals surface area contributed by atoms with Crippen molar-refractivity contribution in [3.8, 4) is 22.3 Å². The smallest absolute Gasteiger partial charge is 0.250 e. The molecule has 20 nitrogen and oxygen atoms in total. The summed E-state index contributed by atoms with van der Waals surface area (Å²) < 4.78 is 72.3. The molecular formula is C50H62F2N14O6S. The molecule has 0 bridgehead atoms. The van der Waals surface area contributed by atoms with E-state index >= 15 is 0 Å². The number of rotatable bonds is 17. The second-order valence-corrected chi connectivity index (χ2v) is 22.1. The molecule has 3 N–H and O–H groups in total. The summed E-state index contributed by atoms with van der Waals surface area (Å²) in [6.45, 7) is 9.91. The van der Waals surface area contributed by atoms with Gasteiger partial charge in [0.15, 0.2) is 5.03 Å². The second kappa shape index (κ2) is 20.5. The third kappa shape index (κ3) is 10.3. The molecule has 73 heavy (non-hydrogen) atoms. The molecule has 2 fully saturated rings. The summed E-state index contributed by atoms with van der Waals surface area (Å²) >= 11 is 0. The lowest BCUT2D eigenvalue weighted by molar-refractivity contribution is -0.143. The van der Waals surface area contributed by atoms with Crippen molar-refractivity contribution in [2.75, 3.05) is 50.7 Å². The van der Waals surface area contributed by atoms with Crippen LogP contribution in [0.5, 0.6) is 0 Å². The maximum atomic E-state index is 14.1. The Morgan fingerprint density at radius 1 is 0.849 bits per heavy atom. The van der Waals surface area contributed by atoms with Crippen LogP contribution in [0, 0.1) is 0 Å². The average molecular weight is 1030 g/mol. The monoisotopic (exact) mass is 1020 g/mol. The number of aromatic nitrogens is 11. The molecule has 1 unspecified atom stereocenters. The van der Waals surface area contributed by atoms with E-state index in [1.165, 1.54) is 12.3 Å². The first-order chi connectivity index (χ1) is 35.1. The molecule has 10 rings (SSSR count). The summed E-state index contributed by atoms with van der Waals surface area (Å²) in [6, 6.07) is 6.73. The van der Waals surface area contributed by atoms with Crippen LogP contribution in [-0.4, -0.2) is 143 Å². The van der Waals surface area contributed by atoms with Crippen LogP contribution in [0.25, 0.3) is 33.3 Å². The molecule has 0 radical (unpaired) electrons. The number of ether oxygens (including phenoxy) is 2. The Labute approximate surface area is 421 Å². The van der Waals surface area contributed by atoms with Gasteiger partial charge in [0.25, 0.3) is 0 Å². The first kappa shape index (κ1) is 50.1. The molecule has 0 aromatic carbocycles.